The van der Waals surface area contributed by atoms with E-state index in [0.717, 1.165) is 0 Å². The molecule has 0 radical (unpaired) electrons. The average Bonchev–Trinajstić information content (AvgIpc) is 2.14. The first kappa shape index (κ1) is 13.7. The predicted octanol–water partition coefficient (Wildman–Crippen LogP) is 4.40. The van der Waals surface area contributed by atoms with Gasteiger partial charge in [-0.15, -0.1) is 0 Å². The summed E-state index contributed by atoms with van der Waals surface area (Å²) >= 11 is 0. The second kappa shape index (κ2) is 4.89. The Bertz CT molecular complexity index is 355. The van der Waals surface area contributed by atoms with Crippen molar-refractivity contribution in [3.05, 3.63) is 36.4 Å². The number of hydrogen-bond donors (Lipinski definition) is 0. The lowest BCUT2D eigenvalue weighted by Crippen LogP contribution is -2.08. The maximum Gasteiger partial charge on any atom is 0.0104 e. The molecule has 0 aliphatic rings. The Hall–Kier alpha value is -0.340. The number of rotatable bonds is 4. The molecule has 1 rings (SSSR count). The van der Waals surface area contributed by atoms with Crippen molar-refractivity contribution in [2.24, 2.45) is 0 Å². The largest absolute Gasteiger partial charge is 0.242 e. The normalized spacial score (nSPS) is 14.6. The summed E-state index contributed by atoms with van der Waals surface area (Å²) in [6, 6.07) is 8.90. The molecule has 0 heterocycles. The lowest BCUT2D eigenvalue weighted by molar-refractivity contribution is 1.42. The molecular formula is C14H24S2. The summed E-state index contributed by atoms with van der Waals surface area (Å²) < 4.78 is 0. The van der Waals surface area contributed by atoms with Crippen LogP contribution in [0, 0.1) is 0 Å². The average molecular weight is 256 g/mol. The van der Waals surface area contributed by atoms with E-state index in [0.29, 0.717) is 0 Å². The second-order valence-electron chi connectivity index (χ2n) is 5.52. The first-order chi connectivity index (χ1) is 7.24. The Morgan fingerprint density at radius 2 is 1.50 bits per heavy atom. The Morgan fingerprint density at radius 3 is 1.88 bits per heavy atom. The Kier molecular flexibility index (Phi) is 4.19. The van der Waals surface area contributed by atoms with E-state index in [2.05, 4.69) is 62.1 Å². The molecule has 0 bridgehead atoms. The molecule has 0 unspecified atom stereocenters. The van der Waals surface area contributed by atoms with Crippen molar-refractivity contribution in [2.75, 3.05) is 36.4 Å². The lowest BCUT2D eigenvalue weighted by atomic mass is 10.2. The summed E-state index contributed by atoms with van der Waals surface area (Å²) in [5.74, 6) is 0. The third-order valence-corrected chi connectivity index (χ3v) is 9.14. The van der Waals surface area contributed by atoms with Crippen LogP contribution < -0.4 is 0 Å². The summed E-state index contributed by atoms with van der Waals surface area (Å²) in [4.78, 5) is 1.51. The van der Waals surface area contributed by atoms with Crippen molar-refractivity contribution >= 4 is 26.1 Å². The Balaban J connectivity index is 2.93. The fourth-order valence-electron chi connectivity index (χ4n) is 1.92. The molecule has 16 heavy (non-hydrogen) atoms. The molecule has 0 aliphatic carbocycles. The van der Waals surface area contributed by atoms with E-state index < -0.39 is 20.1 Å². The molecule has 0 amide bonds. The molecule has 0 fully saturated rings. The van der Waals surface area contributed by atoms with Crippen LogP contribution in [0.25, 0.3) is 6.08 Å². The van der Waals surface area contributed by atoms with Crippen molar-refractivity contribution in [1.82, 2.24) is 0 Å². The van der Waals surface area contributed by atoms with Crippen LogP contribution in [0.15, 0.2) is 35.7 Å². The summed E-state index contributed by atoms with van der Waals surface area (Å²) in [5, 5.41) is 1.35. The molecule has 92 valence electrons. The van der Waals surface area contributed by atoms with Crippen molar-refractivity contribution in [1.29, 1.82) is 0 Å². The van der Waals surface area contributed by atoms with Gasteiger partial charge in [-0.1, -0.05) is 24.8 Å². The van der Waals surface area contributed by atoms with Gasteiger partial charge in [0.2, 0.25) is 0 Å². The molecule has 0 N–H and O–H groups in total. The van der Waals surface area contributed by atoms with Gasteiger partial charge in [0, 0.05) is 5.08 Å². The van der Waals surface area contributed by atoms with Gasteiger partial charge in [-0.05, 0) is 53.9 Å². The van der Waals surface area contributed by atoms with E-state index in [9.17, 15) is 0 Å². The van der Waals surface area contributed by atoms with Gasteiger partial charge in [-0.3, -0.25) is 0 Å². The molecule has 0 atom stereocenters. The van der Waals surface area contributed by atoms with E-state index >= 15 is 0 Å². The molecular weight excluding hydrogens is 232 g/mol. The van der Waals surface area contributed by atoms with Crippen molar-refractivity contribution in [2.45, 2.75) is 4.90 Å². The highest BCUT2D eigenvalue weighted by molar-refractivity contribution is 8.47. The number of benzene rings is 1. The minimum absolute atomic E-state index is 0.429. The van der Waals surface area contributed by atoms with E-state index in [1.54, 1.807) is 0 Å². The SMILES string of the molecule is C=Cc1ccc(S(C)(C)CS(C)(C)C)cc1. The fourth-order valence-corrected chi connectivity index (χ4v) is 10.4. The van der Waals surface area contributed by atoms with Crippen molar-refractivity contribution in [3.8, 4) is 0 Å². The van der Waals surface area contributed by atoms with Gasteiger partial charge >= 0.3 is 0 Å². The zero-order valence-electron chi connectivity index (χ0n) is 11.1. The van der Waals surface area contributed by atoms with Crippen LogP contribution in [0.5, 0.6) is 0 Å². The first-order valence-corrected chi connectivity index (χ1v) is 11.0. The van der Waals surface area contributed by atoms with E-state index in [4.69, 9.17) is 0 Å². The third kappa shape index (κ3) is 3.91. The summed E-state index contributed by atoms with van der Waals surface area (Å²) in [6.45, 7) is 3.79. The summed E-state index contributed by atoms with van der Waals surface area (Å²) in [6.07, 6.45) is 14.0. The minimum Gasteiger partial charge on any atom is -0.242 e. The molecule has 1 aromatic rings. The van der Waals surface area contributed by atoms with Crippen LogP contribution in [-0.2, 0) is 0 Å². The summed E-state index contributed by atoms with van der Waals surface area (Å²) in [7, 11) is -1.07. The van der Waals surface area contributed by atoms with E-state index in [1.807, 2.05) is 6.08 Å². The van der Waals surface area contributed by atoms with E-state index in [-0.39, 0.29) is 0 Å². The molecule has 1 aromatic carbocycles. The van der Waals surface area contributed by atoms with Gasteiger partial charge in [0.05, 0.1) is 0 Å². The standard InChI is InChI=1S/C14H24S2/c1-7-13-8-10-14(11-9-13)16(5,6)12-15(2,3)4/h7-11H,1,12H2,2-6H3. The minimum atomic E-state index is -0.640. The van der Waals surface area contributed by atoms with E-state index in [1.165, 1.54) is 15.5 Å². The predicted molar refractivity (Wildman–Crippen MR) is 84.5 cm³/mol. The van der Waals surface area contributed by atoms with Crippen molar-refractivity contribution in [3.63, 3.8) is 0 Å². The van der Waals surface area contributed by atoms with Crippen LogP contribution in [0.4, 0.5) is 0 Å². The maximum absolute atomic E-state index is 3.79. The molecule has 0 nitrogen and oxygen atoms in total. The quantitative estimate of drug-likeness (QED) is 0.749. The third-order valence-electron chi connectivity index (χ3n) is 2.40. The van der Waals surface area contributed by atoms with Crippen LogP contribution in [0.1, 0.15) is 5.56 Å². The Labute approximate surface area is 104 Å². The smallest absolute Gasteiger partial charge is 0.0104 e. The van der Waals surface area contributed by atoms with Gasteiger partial charge in [-0.25, -0.2) is 20.1 Å². The monoisotopic (exact) mass is 256 g/mol. The van der Waals surface area contributed by atoms with Gasteiger partial charge < -0.3 is 0 Å². The highest BCUT2D eigenvalue weighted by atomic mass is 32.3. The molecule has 0 spiro atoms. The second-order valence-corrected chi connectivity index (χ2v) is 14.2. The summed E-state index contributed by atoms with van der Waals surface area (Å²) in [5.41, 5.74) is 1.21. The molecule has 0 aromatic heterocycles. The highest BCUT2D eigenvalue weighted by Crippen LogP contribution is 2.58. The maximum atomic E-state index is 3.79. The van der Waals surface area contributed by atoms with Gasteiger partial charge in [-0.2, -0.15) is 0 Å². The topological polar surface area (TPSA) is 0 Å². The highest BCUT2D eigenvalue weighted by Gasteiger charge is 2.19. The Morgan fingerprint density at radius 1 is 1.00 bits per heavy atom. The molecule has 0 saturated heterocycles. The zero-order chi connectivity index (χ0) is 12.4. The van der Waals surface area contributed by atoms with Gasteiger partial charge in [0.1, 0.15) is 0 Å². The molecule has 2 heteroatoms. The van der Waals surface area contributed by atoms with Crippen LogP contribution in [0.3, 0.4) is 0 Å². The lowest BCUT2D eigenvalue weighted by Gasteiger charge is -2.40. The first-order valence-electron chi connectivity index (χ1n) is 5.34. The van der Waals surface area contributed by atoms with Gasteiger partial charge in [0.15, 0.2) is 0 Å². The zero-order valence-corrected chi connectivity index (χ0v) is 12.8. The van der Waals surface area contributed by atoms with Crippen LogP contribution >= 0.6 is 20.1 Å². The van der Waals surface area contributed by atoms with Gasteiger partial charge in [0.25, 0.3) is 0 Å². The molecule has 0 aliphatic heterocycles. The number of hydrogen-bond acceptors (Lipinski definition) is 0. The van der Waals surface area contributed by atoms with Crippen LogP contribution in [-0.4, -0.2) is 36.4 Å². The fraction of sp³-hybridized carbons (Fsp3) is 0.429. The van der Waals surface area contributed by atoms with Crippen LogP contribution in [0.2, 0.25) is 0 Å². The van der Waals surface area contributed by atoms with Crippen molar-refractivity contribution < 1.29 is 0 Å². The molecule has 0 saturated carbocycles.